The van der Waals surface area contributed by atoms with Crippen molar-refractivity contribution in [3.63, 3.8) is 0 Å². The third-order valence-electron chi connectivity index (χ3n) is 3.06. The summed E-state index contributed by atoms with van der Waals surface area (Å²) in [5.74, 6) is -0.397. The van der Waals surface area contributed by atoms with Crippen molar-refractivity contribution < 1.29 is 9.90 Å². The minimum absolute atomic E-state index is 0.173. The van der Waals surface area contributed by atoms with Crippen LogP contribution < -0.4 is 0 Å². The summed E-state index contributed by atoms with van der Waals surface area (Å²) in [7, 11) is 0. The molecular formula is C12H18N6O2S. The molecule has 0 aliphatic carbocycles. The zero-order chi connectivity index (χ0) is 15.8. The van der Waals surface area contributed by atoms with Gasteiger partial charge >= 0.3 is 5.97 Å². The van der Waals surface area contributed by atoms with Crippen LogP contribution in [-0.4, -0.2) is 40.9 Å². The molecule has 0 aliphatic rings. The maximum atomic E-state index is 11.3. The van der Waals surface area contributed by atoms with Crippen LogP contribution in [0.25, 0.3) is 10.7 Å². The second kappa shape index (κ2) is 5.14. The van der Waals surface area contributed by atoms with Crippen molar-refractivity contribution in [1.29, 1.82) is 0 Å². The van der Waals surface area contributed by atoms with Crippen LogP contribution in [0, 0.1) is 5.41 Å². The molecule has 0 radical (unpaired) electrons. The summed E-state index contributed by atoms with van der Waals surface area (Å²) in [6, 6.07) is 0. The van der Waals surface area contributed by atoms with Crippen molar-refractivity contribution >= 4 is 17.5 Å². The molecule has 0 amide bonds. The van der Waals surface area contributed by atoms with Gasteiger partial charge in [0.15, 0.2) is 5.82 Å². The van der Waals surface area contributed by atoms with Gasteiger partial charge in [-0.3, -0.25) is 4.79 Å². The first-order chi connectivity index (χ1) is 9.63. The summed E-state index contributed by atoms with van der Waals surface area (Å²) in [5, 5.41) is 25.0. The van der Waals surface area contributed by atoms with Crippen LogP contribution >= 0.6 is 11.5 Å². The molecule has 0 fully saturated rings. The molecule has 0 aromatic carbocycles. The summed E-state index contributed by atoms with van der Waals surface area (Å²) in [4.78, 5) is 12.0. The molecule has 0 unspecified atom stereocenters. The molecule has 114 valence electrons. The standard InChI is InChI=1S/C12H18N6O2S/c1-11(2,3)8-7(21-17-13-8)9-14-15-16-18(9)6-12(4,5)10(19)20/h6H2,1-5H3,(H,19,20). The number of carboxylic acids is 1. The van der Waals surface area contributed by atoms with Crippen molar-refractivity contribution in [1.82, 2.24) is 29.8 Å². The largest absolute Gasteiger partial charge is 0.481 e. The van der Waals surface area contributed by atoms with E-state index in [0.717, 1.165) is 10.6 Å². The molecule has 0 aliphatic heterocycles. The van der Waals surface area contributed by atoms with Crippen molar-refractivity contribution in [3.05, 3.63) is 5.69 Å². The molecule has 0 saturated heterocycles. The van der Waals surface area contributed by atoms with Gasteiger partial charge in [0, 0.05) is 5.41 Å². The Labute approximate surface area is 126 Å². The molecule has 2 aromatic heterocycles. The lowest BCUT2D eigenvalue weighted by Gasteiger charge is -2.20. The van der Waals surface area contributed by atoms with Gasteiger partial charge < -0.3 is 5.11 Å². The Morgan fingerprint density at radius 2 is 1.90 bits per heavy atom. The number of carbonyl (C=O) groups is 1. The lowest BCUT2D eigenvalue weighted by Crippen LogP contribution is -2.30. The fourth-order valence-electron chi connectivity index (χ4n) is 1.74. The maximum Gasteiger partial charge on any atom is 0.310 e. The number of carboxylic acid groups (broad SMARTS) is 1. The quantitative estimate of drug-likeness (QED) is 0.913. The van der Waals surface area contributed by atoms with Crippen LogP contribution in [0.4, 0.5) is 0 Å². The van der Waals surface area contributed by atoms with Crippen LogP contribution in [0.1, 0.15) is 40.3 Å². The third kappa shape index (κ3) is 3.07. The molecule has 9 heteroatoms. The monoisotopic (exact) mass is 310 g/mol. The third-order valence-corrected chi connectivity index (χ3v) is 3.78. The second-order valence-electron chi connectivity index (χ2n) is 6.55. The van der Waals surface area contributed by atoms with Crippen molar-refractivity contribution in [2.75, 3.05) is 0 Å². The smallest absolute Gasteiger partial charge is 0.310 e. The zero-order valence-corrected chi connectivity index (χ0v) is 13.5. The average molecular weight is 310 g/mol. The first-order valence-corrected chi connectivity index (χ1v) is 7.23. The van der Waals surface area contributed by atoms with E-state index >= 15 is 0 Å². The molecule has 0 spiro atoms. The van der Waals surface area contributed by atoms with Gasteiger partial charge in [0.25, 0.3) is 0 Å². The Balaban J connectivity index is 2.43. The van der Waals surface area contributed by atoms with E-state index in [1.165, 1.54) is 16.2 Å². The summed E-state index contributed by atoms with van der Waals surface area (Å²) >= 11 is 1.21. The zero-order valence-electron chi connectivity index (χ0n) is 12.7. The number of hydrogen-bond acceptors (Lipinski definition) is 7. The maximum absolute atomic E-state index is 11.3. The molecule has 0 atom stereocenters. The van der Waals surface area contributed by atoms with Crippen LogP contribution in [0.5, 0.6) is 0 Å². The van der Waals surface area contributed by atoms with Gasteiger partial charge in [-0.15, -0.1) is 10.2 Å². The van der Waals surface area contributed by atoms with Gasteiger partial charge in [-0.25, -0.2) is 4.68 Å². The topological polar surface area (TPSA) is 107 Å². The van der Waals surface area contributed by atoms with E-state index in [9.17, 15) is 9.90 Å². The van der Waals surface area contributed by atoms with E-state index < -0.39 is 11.4 Å². The van der Waals surface area contributed by atoms with E-state index in [1.807, 2.05) is 20.8 Å². The summed E-state index contributed by atoms with van der Waals surface area (Å²) < 4.78 is 5.48. The molecule has 21 heavy (non-hydrogen) atoms. The van der Waals surface area contributed by atoms with E-state index in [2.05, 4.69) is 25.1 Å². The van der Waals surface area contributed by atoms with Crippen molar-refractivity contribution in [2.45, 2.75) is 46.6 Å². The molecule has 8 nitrogen and oxygen atoms in total. The van der Waals surface area contributed by atoms with Gasteiger partial charge in [-0.2, -0.15) is 0 Å². The molecule has 0 bridgehead atoms. The van der Waals surface area contributed by atoms with Crippen LogP contribution in [0.3, 0.4) is 0 Å². The molecular weight excluding hydrogens is 292 g/mol. The van der Waals surface area contributed by atoms with E-state index in [0.29, 0.717) is 5.82 Å². The summed E-state index contributed by atoms with van der Waals surface area (Å²) in [6.45, 7) is 9.53. The Kier molecular flexibility index (Phi) is 3.79. The summed E-state index contributed by atoms with van der Waals surface area (Å²) in [5.41, 5.74) is -0.359. The minimum atomic E-state index is -0.968. The number of aromatic nitrogens is 6. The normalized spacial score (nSPS) is 12.6. The number of nitrogens with zero attached hydrogens (tertiary/aromatic N) is 6. The SMILES string of the molecule is CC(C)(Cn1nnnc1-c1snnc1C(C)(C)C)C(=O)O. The highest BCUT2D eigenvalue weighted by molar-refractivity contribution is 7.09. The fourth-order valence-corrected chi connectivity index (χ4v) is 2.61. The Morgan fingerprint density at radius 1 is 1.24 bits per heavy atom. The van der Waals surface area contributed by atoms with Gasteiger partial charge in [-0.05, 0) is 35.8 Å². The minimum Gasteiger partial charge on any atom is -0.481 e. The van der Waals surface area contributed by atoms with E-state index in [1.54, 1.807) is 13.8 Å². The first kappa shape index (κ1) is 15.5. The van der Waals surface area contributed by atoms with Crippen LogP contribution in [0.15, 0.2) is 0 Å². The average Bonchev–Trinajstić information content (AvgIpc) is 2.94. The number of tetrazole rings is 1. The predicted octanol–water partition coefficient (Wildman–Crippen LogP) is 1.60. The van der Waals surface area contributed by atoms with Gasteiger partial charge in [-0.1, -0.05) is 25.3 Å². The van der Waals surface area contributed by atoms with E-state index in [4.69, 9.17) is 0 Å². The van der Waals surface area contributed by atoms with Crippen molar-refractivity contribution in [2.24, 2.45) is 5.41 Å². The molecule has 2 rings (SSSR count). The number of aliphatic carboxylic acids is 1. The highest BCUT2D eigenvalue weighted by Gasteiger charge is 2.32. The lowest BCUT2D eigenvalue weighted by atomic mass is 9.91. The Bertz CT molecular complexity index is 655. The van der Waals surface area contributed by atoms with Gasteiger partial charge in [0.2, 0.25) is 0 Å². The molecule has 0 saturated carbocycles. The number of hydrogen-bond donors (Lipinski definition) is 1. The van der Waals surface area contributed by atoms with Crippen molar-refractivity contribution in [3.8, 4) is 10.7 Å². The van der Waals surface area contributed by atoms with E-state index in [-0.39, 0.29) is 12.0 Å². The molecule has 2 aromatic rings. The first-order valence-electron chi connectivity index (χ1n) is 6.46. The summed E-state index contributed by atoms with van der Waals surface area (Å²) in [6.07, 6.45) is 0. The molecule has 2 heterocycles. The second-order valence-corrected chi connectivity index (χ2v) is 7.30. The highest BCUT2D eigenvalue weighted by Crippen LogP contribution is 2.33. The molecule has 1 N–H and O–H groups in total. The number of rotatable bonds is 4. The lowest BCUT2D eigenvalue weighted by molar-refractivity contribution is -0.147. The van der Waals surface area contributed by atoms with Crippen LogP contribution in [-0.2, 0) is 16.8 Å². The highest BCUT2D eigenvalue weighted by atomic mass is 32.1. The Morgan fingerprint density at radius 3 is 2.48 bits per heavy atom. The predicted molar refractivity (Wildman–Crippen MR) is 76.8 cm³/mol. The Hall–Kier alpha value is -1.90. The van der Waals surface area contributed by atoms with Crippen LogP contribution in [0.2, 0.25) is 0 Å². The fraction of sp³-hybridized carbons (Fsp3) is 0.667. The van der Waals surface area contributed by atoms with Gasteiger partial charge in [0.1, 0.15) is 4.88 Å². The van der Waals surface area contributed by atoms with Gasteiger partial charge in [0.05, 0.1) is 17.7 Å².